The van der Waals surface area contributed by atoms with Gasteiger partial charge in [-0.1, -0.05) is 24.2 Å². The van der Waals surface area contributed by atoms with Gasteiger partial charge in [-0.15, -0.1) is 10.2 Å². The predicted octanol–water partition coefficient (Wildman–Crippen LogP) is 1.24. The Kier molecular flexibility index (Phi) is 3.84. The number of nitrogens with two attached hydrogens (primary N) is 1. The van der Waals surface area contributed by atoms with Crippen LogP contribution in [-0.2, 0) is 4.79 Å². The van der Waals surface area contributed by atoms with Gasteiger partial charge in [-0.2, -0.15) is 0 Å². The molecule has 0 aromatic carbocycles. The number of nitrogens with one attached hydrogen (secondary N) is 1. The molecule has 1 aliphatic rings. The van der Waals surface area contributed by atoms with Crippen molar-refractivity contribution in [2.45, 2.75) is 25.7 Å². The van der Waals surface area contributed by atoms with Gasteiger partial charge in [0.2, 0.25) is 11.0 Å². The highest BCUT2D eigenvalue weighted by molar-refractivity contribution is 7.13. The fourth-order valence-electron chi connectivity index (χ4n) is 2.26. The van der Waals surface area contributed by atoms with E-state index in [-0.39, 0.29) is 11.8 Å². The SMILES string of the molecule is NCC1CCCCC1C(=O)Nc1nncs1. The van der Waals surface area contributed by atoms with Crippen molar-refractivity contribution < 1.29 is 4.79 Å². The highest BCUT2D eigenvalue weighted by atomic mass is 32.1. The summed E-state index contributed by atoms with van der Waals surface area (Å²) in [4.78, 5) is 12.0. The van der Waals surface area contributed by atoms with E-state index in [4.69, 9.17) is 5.73 Å². The van der Waals surface area contributed by atoms with E-state index in [2.05, 4.69) is 15.5 Å². The summed E-state index contributed by atoms with van der Waals surface area (Å²) in [6.45, 7) is 0.591. The Balaban J connectivity index is 1.97. The third kappa shape index (κ3) is 2.56. The molecule has 1 amide bonds. The molecule has 6 heteroatoms. The molecular formula is C10H16N4OS. The molecule has 3 N–H and O–H groups in total. The Morgan fingerprint density at radius 2 is 2.38 bits per heavy atom. The zero-order chi connectivity index (χ0) is 11.4. The lowest BCUT2D eigenvalue weighted by Crippen LogP contribution is -2.35. The molecule has 1 heterocycles. The molecular weight excluding hydrogens is 224 g/mol. The first-order valence-corrected chi connectivity index (χ1v) is 6.46. The number of rotatable bonds is 3. The molecule has 0 aliphatic heterocycles. The first-order chi connectivity index (χ1) is 7.81. The topological polar surface area (TPSA) is 80.9 Å². The summed E-state index contributed by atoms with van der Waals surface area (Å²) >= 11 is 1.34. The van der Waals surface area contributed by atoms with Crippen LogP contribution in [0.5, 0.6) is 0 Å². The maximum absolute atomic E-state index is 12.0. The fraction of sp³-hybridized carbons (Fsp3) is 0.700. The molecule has 0 saturated heterocycles. The monoisotopic (exact) mass is 240 g/mol. The number of carbonyl (C=O) groups excluding carboxylic acids is 1. The smallest absolute Gasteiger partial charge is 0.229 e. The number of nitrogens with zero attached hydrogens (tertiary/aromatic N) is 2. The maximum Gasteiger partial charge on any atom is 0.229 e. The van der Waals surface area contributed by atoms with Gasteiger partial charge in [-0.3, -0.25) is 4.79 Å². The van der Waals surface area contributed by atoms with Crippen molar-refractivity contribution >= 4 is 22.4 Å². The van der Waals surface area contributed by atoms with Gasteiger partial charge in [-0.25, -0.2) is 0 Å². The van der Waals surface area contributed by atoms with E-state index >= 15 is 0 Å². The molecule has 1 fully saturated rings. The van der Waals surface area contributed by atoms with Crippen LogP contribution in [0.1, 0.15) is 25.7 Å². The summed E-state index contributed by atoms with van der Waals surface area (Å²) in [5.41, 5.74) is 7.31. The van der Waals surface area contributed by atoms with Crippen LogP contribution in [0.3, 0.4) is 0 Å². The second kappa shape index (κ2) is 5.36. The van der Waals surface area contributed by atoms with E-state index < -0.39 is 0 Å². The Morgan fingerprint density at radius 1 is 1.56 bits per heavy atom. The van der Waals surface area contributed by atoms with Crippen molar-refractivity contribution in [2.75, 3.05) is 11.9 Å². The number of hydrogen-bond acceptors (Lipinski definition) is 5. The van der Waals surface area contributed by atoms with Crippen LogP contribution in [0.4, 0.5) is 5.13 Å². The highest BCUT2D eigenvalue weighted by Gasteiger charge is 2.30. The fourth-order valence-corrected chi connectivity index (χ4v) is 2.71. The lowest BCUT2D eigenvalue weighted by Gasteiger charge is -2.29. The first-order valence-electron chi connectivity index (χ1n) is 5.58. The first kappa shape index (κ1) is 11.5. The van der Waals surface area contributed by atoms with Crippen LogP contribution in [0.25, 0.3) is 0 Å². The Bertz CT molecular complexity index is 341. The predicted molar refractivity (Wildman–Crippen MR) is 63.0 cm³/mol. The molecule has 1 aromatic rings. The van der Waals surface area contributed by atoms with Crippen LogP contribution < -0.4 is 11.1 Å². The van der Waals surface area contributed by atoms with Gasteiger partial charge < -0.3 is 11.1 Å². The second-order valence-corrected chi connectivity index (χ2v) is 4.95. The van der Waals surface area contributed by atoms with Crippen molar-refractivity contribution in [3.63, 3.8) is 0 Å². The minimum atomic E-state index is 0.0441. The molecule has 16 heavy (non-hydrogen) atoms. The van der Waals surface area contributed by atoms with E-state index in [0.29, 0.717) is 17.6 Å². The summed E-state index contributed by atoms with van der Waals surface area (Å²) in [6.07, 6.45) is 4.30. The quantitative estimate of drug-likeness (QED) is 0.833. The van der Waals surface area contributed by atoms with Gasteiger partial charge in [0.05, 0.1) is 0 Å². The van der Waals surface area contributed by atoms with Gasteiger partial charge in [-0.05, 0) is 25.3 Å². The molecule has 88 valence electrons. The summed E-state index contributed by atoms with van der Waals surface area (Å²) in [5, 5.41) is 10.9. The number of hydrogen-bond donors (Lipinski definition) is 2. The van der Waals surface area contributed by atoms with Gasteiger partial charge in [0.25, 0.3) is 0 Å². The molecule has 1 saturated carbocycles. The minimum absolute atomic E-state index is 0.0441. The third-order valence-electron chi connectivity index (χ3n) is 3.14. The average molecular weight is 240 g/mol. The molecule has 5 nitrogen and oxygen atoms in total. The number of amides is 1. The van der Waals surface area contributed by atoms with Gasteiger partial charge in [0.15, 0.2) is 0 Å². The van der Waals surface area contributed by atoms with Crippen LogP contribution in [0.15, 0.2) is 5.51 Å². The van der Waals surface area contributed by atoms with E-state index in [1.165, 1.54) is 17.8 Å². The number of aromatic nitrogens is 2. The van der Waals surface area contributed by atoms with Gasteiger partial charge in [0.1, 0.15) is 5.51 Å². The standard InChI is InChI=1S/C10H16N4OS/c11-5-7-3-1-2-4-8(7)9(15)13-10-14-12-6-16-10/h6-8H,1-5,11H2,(H,13,14,15). The lowest BCUT2D eigenvalue weighted by atomic mass is 9.79. The van der Waals surface area contributed by atoms with E-state index in [0.717, 1.165) is 19.3 Å². The molecule has 0 radical (unpaired) electrons. The van der Waals surface area contributed by atoms with E-state index in [1.807, 2.05) is 0 Å². The van der Waals surface area contributed by atoms with Gasteiger partial charge >= 0.3 is 0 Å². The van der Waals surface area contributed by atoms with Crippen LogP contribution in [-0.4, -0.2) is 22.6 Å². The summed E-state index contributed by atoms with van der Waals surface area (Å²) < 4.78 is 0. The molecule has 2 unspecified atom stereocenters. The van der Waals surface area contributed by atoms with Crippen LogP contribution in [0.2, 0.25) is 0 Å². The summed E-state index contributed by atoms with van der Waals surface area (Å²) in [6, 6.07) is 0. The Hall–Kier alpha value is -1.01. The molecule has 2 rings (SSSR count). The molecule has 2 atom stereocenters. The van der Waals surface area contributed by atoms with Crippen molar-refractivity contribution in [2.24, 2.45) is 17.6 Å². The zero-order valence-corrected chi connectivity index (χ0v) is 9.87. The zero-order valence-electron chi connectivity index (χ0n) is 9.06. The minimum Gasteiger partial charge on any atom is -0.330 e. The van der Waals surface area contributed by atoms with Gasteiger partial charge in [0, 0.05) is 5.92 Å². The normalized spacial score (nSPS) is 25.3. The third-order valence-corrected chi connectivity index (χ3v) is 3.75. The second-order valence-electron chi connectivity index (χ2n) is 4.12. The molecule has 1 aliphatic carbocycles. The average Bonchev–Trinajstić information content (AvgIpc) is 2.81. The van der Waals surface area contributed by atoms with E-state index in [9.17, 15) is 4.79 Å². The summed E-state index contributed by atoms with van der Waals surface area (Å²) in [7, 11) is 0. The van der Waals surface area contributed by atoms with Crippen molar-refractivity contribution in [3.05, 3.63) is 5.51 Å². The Labute approximate surface area is 98.4 Å². The largest absolute Gasteiger partial charge is 0.330 e. The Morgan fingerprint density at radius 3 is 3.06 bits per heavy atom. The number of carbonyl (C=O) groups is 1. The summed E-state index contributed by atoms with van der Waals surface area (Å²) in [5.74, 6) is 0.413. The van der Waals surface area contributed by atoms with E-state index in [1.54, 1.807) is 5.51 Å². The highest BCUT2D eigenvalue weighted by Crippen LogP contribution is 2.30. The lowest BCUT2D eigenvalue weighted by molar-refractivity contribution is -0.122. The van der Waals surface area contributed by atoms with Crippen LogP contribution >= 0.6 is 11.3 Å². The number of anilines is 1. The molecule has 0 spiro atoms. The maximum atomic E-state index is 12.0. The van der Waals surface area contributed by atoms with Crippen molar-refractivity contribution in [1.29, 1.82) is 0 Å². The van der Waals surface area contributed by atoms with Crippen LogP contribution in [0, 0.1) is 11.8 Å². The van der Waals surface area contributed by atoms with Crippen molar-refractivity contribution in [1.82, 2.24) is 10.2 Å². The molecule has 0 bridgehead atoms. The van der Waals surface area contributed by atoms with Crippen molar-refractivity contribution in [3.8, 4) is 0 Å². The molecule has 1 aromatic heterocycles.